The van der Waals surface area contributed by atoms with Crippen LogP contribution in [0.4, 0.5) is 0 Å². The SMILES string of the molecule is CC[n+]1ccc(/C=C/C2=C3Oc4ccccc4C=C3CCC2)c2ccccc21.[I-]. The molecular weight excluding hydrogens is 469 g/mol. The zero-order valence-corrected chi connectivity index (χ0v) is 18.7. The van der Waals surface area contributed by atoms with Crippen LogP contribution in [0.1, 0.15) is 37.3 Å². The van der Waals surface area contributed by atoms with Crippen LogP contribution in [-0.4, -0.2) is 0 Å². The second-order valence-electron chi connectivity index (χ2n) is 7.42. The Labute approximate surface area is 189 Å². The number of halogens is 1. The molecule has 2 nitrogen and oxygen atoms in total. The van der Waals surface area contributed by atoms with Gasteiger partial charge in [-0.2, -0.15) is 4.57 Å². The number of pyridine rings is 1. The molecule has 0 saturated carbocycles. The molecule has 29 heavy (non-hydrogen) atoms. The fourth-order valence-electron chi connectivity index (χ4n) is 4.24. The molecule has 2 aromatic carbocycles. The van der Waals surface area contributed by atoms with Gasteiger partial charge in [0.05, 0.1) is 5.39 Å². The number of aromatic nitrogens is 1. The minimum absolute atomic E-state index is 0. The molecule has 0 atom stereocenters. The Hall–Kier alpha value is -2.40. The summed E-state index contributed by atoms with van der Waals surface area (Å²) in [5.41, 5.74) is 6.33. The molecule has 0 bridgehead atoms. The van der Waals surface area contributed by atoms with E-state index in [1.807, 2.05) is 6.07 Å². The van der Waals surface area contributed by atoms with Crippen molar-refractivity contribution in [2.75, 3.05) is 0 Å². The summed E-state index contributed by atoms with van der Waals surface area (Å²) in [6.07, 6.45) is 12.3. The molecule has 0 unspecified atom stereocenters. The lowest BCUT2D eigenvalue weighted by Crippen LogP contribution is -3.00. The lowest BCUT2D eigenvalue weighted by atomic mass is 9.89. The summed E-state index contributed by atoms with van der Waals surface area (Å²) in [5.74, 6) is 2.02. The fraction of sp³-hybridized carbons (Fsp3) is 0.192. The number of para-hydroxylation sites is 2. The van der Waals surface area contributed by atoms with Gasteiger partial charge in [0.2, 0.25) is 5.52 Å². The maximum Gasteiger partial charge on any atom is 0.213 e. The average molecular weight is 493 g/mol. The van der Waals surface area contributed by atoms with Crippen molar-refractivity contribution >= 4 is 23.1 Å². The summed E-state index contributed by atoms with van der Waals surface area (Å²) in [5, 5.41) is 1.29. The van der Waals surface area contributed by atoms with E-state index < -0.39 is 0 Å². The Balaban J connectivity index is 0.00000205. The maximum atomic E-state index is 6.32. The number of hydrogen-bond donors (Lipinski definition) is 0. The van der Waals surface area contributed by atoms with Gasteiger partial charge in [-0.15, -0.1) is 0 Å². The Bertz CT molecular complexity index is 1160. The predicted octanol–water partition coefficient (Wildman–Crippen LogP) is 3.08. The minimum atomic E-state index is 0. The third-order valence-electron chi connectivity index (χ3n) is 5.70. The number of rotatable bonds is 3. The molecule has 0 radical (unpaired) electrons. The maximum absolute atomic E-state index is 6.32. The highest BCUT2D eigenvalue weighted by molar-refractivity contribution is 5.86. The van der Waals surface area contributed by atoms with Crippen LogP contribution in [0.3, 0.4) is 0 Å². The lowest BCUT2D eigenvalue weighted by Gasteiger charge is -2.26. The van der Waals surface area contributed by atoms with Crippen LogP contribution in [0.15, 0.2) is 83.8 Å². The third-order valence-corrected chi connectivity index (χ3v) is 5.70. The molecule has 0 amide bonds. The van der Waals surface area contributed by atoms with Crippen LogP contribution in [0.5, 0.6) is 5.75 Å². The monoisotopic (exact) mass is 493 g/mol. The van der Waals surface area contributed by atoms with E-state index in [9.17, 15) is 0 Å². The molecule has 2 aliphatic rings. The number of fused-ring (bicyclic) bond motifs is 3. The van der Waals surface area contributed by atoms with Crippen molar-refractivity contribution in [2.24, 2.45) is 0 Å². The van der Waals surface area contributed by atoms with Gasteiger partial charge in [-0.05, 0) is 61.1 Å². The van der Waals surface area contributed by atoms with Crippen LogP contribution >= 0.6 is 0 Å². The van der Waals surface area contributed by atoms with Crippen molar-refractivity contribution in [3.63, 3.8) is 0 Å². The molecule has 2 heterocycles. The van der Waals surface area contributed by atoms with Gasteiger partial charge in [-0.3, -0.25) is 0 Å². The van der Waals surface area contributed by atoms with Crippen molar-refractivity contribution in [2.45, 2.75) is 32.7 Å². The second-order valence-corrected chi connectivity index (χ2v) is 7.42. The standard InChI is InChI=1S/C26H24NO.HI/c1-2-27-17-16-19(23-11-4-5-12-24(23)27)14-15-20-9-7-10-22-18-21-8-3-6-13-25(21)28-26(20)22;/h3-6,8,11-18H,2,7,9-10H2,1H3;1H/q+1;/p-1/b15-14+;. The molecule has 3 aromatic rings. The van der Waals surface area contributed by atoms with Gasteiger partial charge in [-0.25, -0.2) is 0 Å². The Kier molecular flexibility index (Phi) is 5.86. The van der Waals surface area contributed by atoms with Crippen LogP contribution in [-0.2, 0) is 6.54 Å². The Morgan fingerprint density at radius 2 is 1.79 bits per heavy atom. The summed E-state index contributed by atoms with van der Waals surface area (Å²) < 4.78 is 8.61. The quantitative estimate of drug-likeness (QED) is 0.404. The normalized spacial score (nSPS) is 15.4. The molecule has 1 aliphatic heterocycles. The number of aryl methyl sites for hydroxylation is 1. The number of nitrogens with zero attached hydrogens (tertiary/aromatic N) is 1. The molecule has 3 heteroatoms. The zero-order valence-electron chi connectivity index (χ0n) is 16.6. The molecule has 1 aromatic heterocycles. The molecule has 1 aliphatic carbocycles. The van der Waals surface area contributed by atoms with E-state index in [1.165, 1.54) is 39.6 Å². The number of ether oxygens (including phenoxy) is 1. The van der Waals surface area contributed by atoms with Crippen LogP contribution in [0.25, 0.3) is 23.1 Å². The smallest absolute Gasteiger partial charge is 0.213 e. The molecule has 0 fully saturated rings. The second kappa shape index (κ2) is 8.54. The van der Waals surface area contributed by atoms with Gasteiger partial charge in [0.25, 0.3) is 0 Å². The van der Waals surface area contributed by atoms with Crippen molar-refractivity contribution in [1.82, 2.24) is 0 Å². The molecule has 5 rings (SSSR count). The molecule has 146 valence electrons. The summed E-state index contributed by atoms with van der Waals surface area (Å²) >= 11 is 0. The van der Waals surface area contributed by atoms with E-state index in [0.29, 0.717) is 0 Å². The van der Waals surface area contributed by atoms with E-state index in [-0.39, 0.29) is 24.0 Å². The number of hydrogen-bond acceptors (Lipinski definition) is 1. The van der Waals surface area contributed by atoms with E-state index in [4.69, 9.17) is 4.74 Å². The highest BCUT2D eigenvalue weighted by Crippen LogP contribution is 2.39. The Morgan fingerprint density at radius 1 is 0.966 bits per heavy atom. The van der Waals surface area contributed by atoms with Gasteiger partial charge >= 0.3 is 0 Å². The van der Waals surface area contributed by atoms with E-state index >= 15 is 0 Å². The molecule has 0 spiro atoms. The van der Waals surface area contributed by atoms with Gasteiger partial charge < -0.3 is 28.7 Å². The van der Waals surface area contributed by atoms with Gasteiger partial charge in [0, 0.05) is 17.7 Å². The predicted molar refractivity (Wildman–Crippen MR) is 115 cm³/mol. The largest absolute Gasteiger partial charge is 1.00 e. The summed E-state index contributed by atoms with van der Waals surface area (Å²) in [6.45, 7) is 3.16. The summed E-state index contributed by atoms with van der Waals surface area (Å²) in [4.78, 5) is 0. The topological polar surface area (TPSA) is 13.1 Å². The van der Waals surface area contributed by atoms with E-state index in [1.54, 1.807) is 0 Å². The van der Waals surface area contributed by atoms with Crippen LogP contribution in [0.2, 0.25) is 0 Å². The zero-order chi connectivity index (χ0) is 18.9. The van der Waals surface area contributed by atoms with Crippen LogP contribution in [0, 0.1) is 0 Å². The van der Waals surface area contributed by atoms with E-state index in [0.717, 1.165) is 30.9 Å². The van der Waals surface area contributed by atoms with Crippen LogP contribution < -0.4 is 33.3 Å². The lowest BCUT2D eigenvalue weighted by molar-refractivity contribution is -0.667. The van der Waals surface area contributed by atoms with Crippen molar-refractivity contribution in [1.29, 1.82) is 0 Å². The van der Waals surface area contributed by atoms with Crippen molar-refractivity contribution < 1.29 is 33.3 Å². The first-order valence-electron chi connectivity index (χ1n) is 10.1. The minimum Gasteiger partial charge on any atom is -1.00 e. The van der Waals surface area contributed by atoms with E-state index in [2.05, 4.69) is 84.4 Å². The molecule has 0 N–H and O–H groups in total. The Morgan fingerprint density at radius 3 is 2.69 bits per heavy atom. The number of allylic oxidation sites excluding steroid dienone is 3. The van der Waals surface area contributed by atoms with Gasteiger partial charge in [0.1, 0.15) is 18.1 Å². The van der Waals surface area contributed by atoms with Gasteiger partial charge in [0.15, 0.2) is 6.20 Å². The summed E-state index contributed by atoms with van der Waals surface area (Å²) in [7, 11) is 0. The third kappa shape index (κ3) is 3.76. The van der Waals surface area contributed by atoms with Crippen molar-refractivity contribution in [3.05, 3.63) is 94.9 Å². The fourth-order valence-corrected chi connectivity index (χ4v) is 4.24. The molecule has 0 saturated heterocycles. The highest BCUT2D eigenvalue weighted by Gasteiger charge is 2.23. The first-order chi connectivity index (χ1) is 13.8. The first kappa shape index (κ1) is 19.9. The van der Waals surface area contributed by atoms with Crippen molar-refractivity contribution in [3.8, 4) is 5.75 Å². The number of benzene rings is 2. The van der Waals surface area contributed by atoms with Gasteiger partial charge in [-0.1, -0.05) is 42.5 Å². The molecular formula is C26H24INO. The average Bonchev–Trinajstić information content (AvgIpc) is 2.76. The first-order valence-corrected chi connectivity index (χ1v) is 10.1. The highest BCUT2D eigenvalue weighted by atomic mass is 127. The summed E-state index contributed by atoms with van der Waals surface area (Å²) in [6, 6.07) is 19.1.